The zero-order valence-electron chi connectivity index (χ0n) is 10.9. The summed E-state index contributed by atoms with van der Waals surface area (Å²) in [6.07, 6.45) is 0. The smallest absolute Gasteiger partial charge is 0.270 e. The quantitative estimate of drug-likeness (QED) is 0.674. The lowest BCUT2D eigenvalue weighted by atomic mass is 10.1. The van der Waals surface area contributed by atoms with Crippen molar-refractivity contribution in [1.29, 1.82) is 0 Å². The third-order valence-corrected chi connectivity index (χ3v) is 2.68. The molecule has 1 heterocycles. The molecule has 0 aliphatic heterocycles. The third kappa shape index (κ3) is 2.54. The molecule has 0 amide bonds. The van der Waals surface area contributed by atoms with Crippen molar-refractivity contribution in [3.63, 3.8) is 0 Å². The van der Waals surface area contributed by atoms with E-state index in [4.69, 9.17) is 4.74 Å². The summed E-state index contributed by atoms with van der Waals surface area (Å²) in [5, 5.41) is 17.7. The van der Waals surface area contributed by atoms with Gasteiger partial charge in [-0.25, -0.2) is 4.98 Å². The van der Waals surface area contributed by atoms with Crippen molar-refractivity contribution in [3.8, 4) is 17.1 Å². The zero-order valence-corrected chi connectivity index (χ0v) is 10.9. The van der Waals surface area contributed by atoms with Gasteiger partial charge < -0.3 is 4.74 Å². The highest BCUT2D eigenvalue weighted by Crippen LogP contribution is 2.31. The summed E-state index contributed by atoms with van der Waals surface area (Å²) >= 11 is 0. The molecule has 0 radical (unpaired) electrons. The zero-order chi connectivity index (χ0) is 14.0. The number of ether oxygens (including phenoxy) is 1. The van der Waals surface area contributed by atoms with Gasteiger partial charge in [0, 0.05) is 18.1 Å². The number of aromatic nitrogens is 3. The molecule has 7 heteroatoms. The Morgan fingerprint density at radius 1 is 1.42 bits per heavy atom. The van der Waals surface area contributed by atoms with Crippen LogP contribution in [0, 0.1) is 10.1 Å². The molecule has 0 saturated heterocycles. The van der Waals surface area contributed by atoms with Crippen molar-refractivity contribution < 1.29 is 9.66 Å². The average Bonchev–Trinajstić information content (AvgIpc) is 2.87. The maximum Gasteiger partial charge on any atom is 0.270 e. The van der Waals surface area contributed by atoms with Crippen LogP contribution in [0.3, 0.4) is 0 Å². The van der Waals surface area contributed by atoms with Gasteiger partial charge in [-0.15, -0.1) is 0 Å². The molecule has 1 aromatic carbocycles. The number of nitro groups is 1. The molecule has 0 bridgehead atoms. The van der Waals surface area contributed by atoms with E-state index in [0.717, 1.165) is 5.82 Å². The summed E-state index contributed by atoms with van der Waals surface area (Å²) in [5.74, 6) is 1.82. The van der Waals surface area contributed by atoms with Gasteiger partial charge in [-0.05, 0) is 6.07 Å². The Balaban J connectivity index is 2.51. The summed E-state index contributed by atoms with van der Waals surface area (Å²) in [4.78, 5) is 14.7. The first kappa shape index (κ1) is 13.0. The highest BCUT2D eigenvalue weighted by Gasteiger charge is 2.17. The number of non-ortho nitro benzene ring substituents is 1. The van der Waals surface area contributed by atoms with Crippen molar-refractivity contribution in [2.24, 2.45) is 0 Å². The molecule has 0 atom stereocenters. The normalized spacial score (nSPS) is 10.7. The summed E-state index contributed by atoms with van der Waals surface area (Å²) in [5.41, 5.74) is 0.478. The molecule has 1 aromatic heterocycles. The summed E-state index contributed by atoms with van der Waals surface area (Å²) in [6.45, 7) is 3.96. The largest absolute Gasteiger partial charge is 0.496 e. The Labute approximate surface area is 109 Å². The minimum Gasteiger partial charge on any atom is -0.496 e. The SMILES string of the molecule is COc1ccc([N+](=O)[O-])cc1-c1n[nH]c(C(C)C)n1. The Hall–Kier alpha value is -2.44. The molecule has 2 aromatic rings. The van der Waals surface area contributed by atoms with Gasteiger partial charge in [0.2, 0.25) is 0 Å². The van der Waals surface area contributed by atoms with Gasteiger partial charge in [-0.1, -0.05) is 13.8 Å². The van der Waals surface area contributed by atoms with E-state index in [2.05, 4.69) is 15.2 Å². The Morgan fingerprint density at radius 2 is 2.16 bits per heavy atom. The molecule has 0 spiro atoms. The summed E-state index contributed by atoms with van der Waals surface area (Å²) in [7, 11) is 1.50. The number of hydrogen-bond acceptors (Lipinski definition) is 5. The van der Waals surface area contributed by atoms with Crippen LogP contribution in [0.1, 0.15) is 25.6 Å². The van der Waals surface area contributed by atoms with Crippen molar-refractivity contribution in [1.82, 2.24) is 15.2 Å². The van der Waals surface area contributed by atoms with Crippen LogP contribution in [0.15, 0.2) is 18.2 Å². The van der Waals surface area contributed by atoms with Gasteiger partial charge in [-0.2, -0.15) is 5.10 Å². The van der Waals surface area contributed by atoms with Crippen LogP contribution in [0.5, 0.6) is 5.75 Å². The highest BCUT2D eigenvalue weighted by molar-refractivity contribution is 5.67. The number of nitrogens with zero attached hydrogens (tertiary/aromatic N) is 3. The Kier molecular flexibility index (Phi) is 3.46. The van der Waals surface area contributed by atoms with Crippen molar-refractivity contribution >= 4 is 5.69 Å². The van der Waals surface area contributed by atoms with E-state index in [1.165, 1.54) is 19.2 Å². The second-order valence-corrected chi connectivity index (χ2v) is 4.34. The predicted octanol–water partition coefficient (Wildman–Crippen LogP) is 2.51. The molecular formula is C12H14N4O3. The van der Waals surface area contributed by atoms with Crippen LogP contribution in [0.25, 0.3) is 11.4 Å². The number of H-pyrrole nitrogens is 1. The van der Waals surface area contributed by atoms with Gasteiger partial charge in [0.15, 0.2) is 5.82 Å². The number of nitro benzene ring substituents is 1. The lowest BCUT2D eigenvalue weighted by Gasteiger charge is -2.04. The van der Waals surface area contributed by atoms with Gasteiger partial charge >= 0.3 is 0 Å². The van der Waals surface area contributed by atoms with Crippen molar-refractivity contribution in [3.05, 3.63) is 34.1 Å². The van der Waals surface area contributed by atoms with Crippen LogP contribution in [-0.2, 0) is 0 Å². The van der Waals surface area contributed by atoms with E-state index in [0.29, 0.717) is 17.1 Å². The number of nitrogens with one attached hydrogen (secondary N) is 1. The number of methoxy groups -OCH3 is 1. The maximum absolute atomic E-state index is 10.8. The first-order valence-corrected chi connectivity index (χ1v) is 5.78. The minimum atomic E-state index is -0.459. The predicted molar refractivity (Wildman–Crippen MR) is 69.1 cm³/mol. The molecule has 0 aliphatic carbocycles. The highest BCUT2D eigenvalue weighted by atomic mass is 16.6. The molecule has 2 rings (SSSR count). The standard InChI is InChI=1S/C12H14N4O3/c1-7(2)11-13-12(15-14-11)9-6-8(16(17)18)4-5-10(9)19-3/h4-7H,1-3H3,(H,13,14,15). The van der Waals surface area contributed by atoms with Crippen LogP contribution in [0.4, 0.5) is 5.69 Å². The Bertz CT molecular complexity index is 607. The van der Waals surface area contributed by atoms with Gasteiger partial charge in [0.1, 0.15) is 11.6 Å². The van der Waals surface area contributed by atoms with Crippen molar-refractivity contribution in [2.45, 2.75) is 19.8 Å². The maximum atomic E-state index is 10.8. The molecular weight excluding hydrogens is 248 g/mol. The van der Waals surface area contributed by atoms with E-state index < -0.39 is 4.92 Å². The van der Waals surface area contributed by atoms with Gasteiger partial charge in [0.25, 0.3) is 5.69 Å². The molecule has 19 heavy (non-hydrogen) atoms. The van der Waals surface area contributed by atoms with Gasteiger partial charge in [0.05, 0.1) is 17.6 Å². The topological polar surface area (TPSA) is 93.9 Å². The van der Waals surface area contributed by atoms with Crippen molar-refractivity contribution in [2.75, 3.05) is 7.11 Å². The summed E-state index contributed by atoms with van der Waals surface area (Å²) in [6, 6.07) is 4.34. The van der Waals surface area contributed by atoms with E-state index in [1.807, 2.05) is 13.8 Å². The lowest BCUT2D eigenvalue weighted by molar-refractivity contribution is -0.384. The fourth-order valence-corrected chi connectivity index (χ4v) is 1.64. The number of rotatable bonds is 4. The molecule has 0 aliphatic rings. The Morgan fingerprint density at radius 3 is 2.68 bits per heavy atom. The average molecular weight is 262 g/mol. The third-order valence-electron chi connectivity index (χ3n) is 2.68. The second-order valence-electron chi connectivity index (χ2n) is 4.34. The van der Waals surface area contributed by atoms with Crippen LogP contribution in [0.2, 0.25) is 0 Å². The van der Waals surface area contributed by atoms with Crippen LogP contribution < -0.4 is 4.74 Å². The van der Waals surface area contributed by atoms with E-state index in [9.17, 15) is 10.1 Å². The fourth-order valence-electron chi connectivity index (χ4n) is 1.64. The monoisotopic (exact) mass is 262 g/mol. The first-order valence-electron chi connectivity index (χ1n) is 5.78. The molecule has 0 saturated carbocycles. The second kappa shape index (κ2) is 5.05. The molecule has 0 unspecified atom stereocenters. The molecule has 1 N–H and O–H groups in total. The van der Waals surface area contributed by atoms with Crippen LogP contribution >= 0.6 is 0 Å². The fraction of sp³-hybridized carbons (Fsp3) is 0.333. The molecule has 0 fully saturated rings. The van der Waals surface area contributed by atoms with E-state index in [-0.39, 0.29) is 11.6 Å². The minimum absolute atomic E-state index is 0.0216. The first-order chi connectivity index (χ1) is 9.02. The summed E-state index contributed by atoms with van der Waals surface area (Å²) < 4.78 is 5.19. The number of benzene rings is 1. The van der Waals surface area contributed by atoms with E-state index >= 15 is 0 Å². The van der Waals surface area contributed by atoms with Gasteiger partial charge in [-0.3, -0.25) is 15.2 Å². The number of hydrogen-bond donors (Lipinski definition) is 1. The molecule has 100 valence electrons. The van der Waals surface area contributed by atoms with Crippen LogP contribution in [-0.4, -0.2) is 27.2 Å². The van der Waals surface area contributed by atoms with E-state index in [1.54, 1.807) is 6.07 Å². The molecule has 7 nitrogen and oxygen atoms in total. The number of aromatic amines is 1. The lowest BCUT2D eigenvalue weighted by Crippen LogP contribution is -1.94.